The first-order valence-corrected chi connectivity index (χ1v) is 10.1. The number of ether oxygens (including phenoxy) is 3. The SMILES string of the molecule is COC1(CC(=O)N2CCOC[C@]3(CCC(Cn4ncccc4=O)O3)C2)CCC1. The molecule has 1 aliphatic carbocycles. The van der Waals surface area contributed by atoms with Gasteiger partial charge in [-0.15, -0.1) is 0 Å². The molecule has 3 fully saturated rings. The molecule has 1 aromatic rings. The molecule has 2 atom stereocenters. The first-order valence-electron chi connectivity index (χ1n) is 10.1. The van der Waals surface area contributed by atoms with E-state index in [0.29, 0.717) is 39.3 Å². The molecule has 0 bridgehead atoms. The number of aromatic nitrogens is 2. The van der Waals surface area contributed by atoms with Gasteiger partial charge >= 0.3 is 0 Å². The molecule has 2 aliphatic heterocycles. The fourth-order valence-corrected chi connectivity index (χ4v) is 4.49. The molecule has 1 saturated carbocycles. The van der Waals surface area contributed by atoms with Crippen molar-refractivity contribution in [2.45, 2.75) is 62.4 Å². The van der Waals surface area contributed by atoms with Crippen molar-refractivity contribution in [3.05, 3.63) is 28.7 Å². The fraction of sp³-hybridized carbons (Fsp3) is 0.750. The first kappa shape index (κ1) is 19.5. The van der Waals surface area contributed by atoms with E-state index in [9.17, 15) is 9.59 Å². The predicted octanol–water partition coefficient (Wildman–Crippen LogP) is 0.979. The number of amides is 1. The highest BCUT2D eigenvalue weighted by molar-refractivity contribution is 5.77. The summed E-state index contributed by atoms with van der Waals surface area (Å²) in [4.78, 5) is 26.8. The molecule has 1 spiro atoms. The van der Waals surface area contributed by atoms with Gasteiger partial charge in [0.2, 0.25) is 5.91 Å². The lowest BCUT2D eigenvalue weighted by Crippen LogP contribution is -2.50. The van der Waals surface area contributed by atoms with Crippen molar-refractivity contribution in [3.63, 3.8) is 0 Å². The number of nitrogens with zero attached hydrogens (tertiary/aromatic N) is 3. The zero-order valence-corrected chi connectivity index (χ0v) is 16.5. The van der Waals surface area contributed by atoms with Gasteiger partial charge in [0, 0.05) is 25.9 Å². The van der Waals surface area contributed by atoms with E-state index in [2.05, 4.69) is 5.10 Å². The van der Waals surface area contributed by atoms with Crippen molar-refractivity contribution in [2.24, 2.45) is 0 Å². The summed E-state index contributed by atoms with van der Waals surface area (Å²) < 4.78 is 19.2. The number of hydrogen-bond donors (Lipinski definition) is 0. The minimum absolute atomic E-state index is 0.108. The summed E-state index contributed by atoms with van der Waals surface area (Å²) >= 11 is 0. The zero-order valence-electron chi connectivity index (χ0n) is 16.5. The molecular formula is C20H29N3O5. The molecule has 1 unspecified atom stereocenters. The van der Waals surface area contributed by atoms with Gasteiger partial charge in [0.05, 0.1) is 44.4 Å². The average Bonchev–Trinajstić information content (AvgIpc) is 2.92. The summed E-state index contributed by atoms with van der Waals surface area (Å²) in [6.45, 7) is 2.51. The van der Waals surface area contributed by atoms with E-state index in [1.807, 2.05) is 4.90 Å². The molecule has 0 radical (unpaired) electrons. The molecule has 0 aromatic carbocycles. The molecule has 154 valence electrons. The maximum atomic E-state index is 13.0. The van der Waals surface area contributed by atoms with Gasteiger partial charge in [-0.2, -0.15) is 5.10 Å². The van der Waals surface area contributed by atoms with Crippen LogP contribution in [0.3, 0.4) is 0 Å². The van der Waals surface area contributed by atoms with Crippen molar-refractivity contribution >= 4 is 5.91 Å². The molecule has 4 rings (SSSR count). The van der Waals surface area contributed by atoms with Crippen LogP contribution in [0.15, 0.2) is 23.1 Å². The van der Waals surface area contributed by atoms with E-state index >= 15 is 0 Å². The Kier molecular flexibility index (Phi) is 5.53. The van der Waals surface area contributed by atoms with Gasteiger partial charge < -0.3 is 19.1 Å². The maximum Gasteiger partial charge on any atom is 0.266 e. The Morgan fingerprint density at radius 3 is 2.96 bits per heavy atom. The lowest BCUT2D eigenvalue weighted by molar-refractivity contribution is -0.148. The lowest BCUT2D eigenvalue weighted by Gasteiger charge is -2.41. The summed E-state index contributed by atoms with van der Waals surface area (Å²) in [5, 5.41) is 4.12. The van der Waals surface area contributed by atoms with Gasteiger partial charge in [-0.25, -0.2) is 4.68 Å². The highest BCUT2D eigenvalue weighted by Crippen LogP contribution is 2.39. The van der Waals surface area contributed by atoms with Crippen molar-refractivity contribution < 1.29 is 19.0 Å². The molecule has 1 amide bonds. The van der Waals surface area contributed by atoms with E-state index < -0.39 is 5.60 Å². The average molecular weight is 391 g/mol. The summed E-state index contributed by atoms with van der Waals surface area (Å²) in [6, 6.07) is 3.13. The quantitative estimate of drug-likeness (QED) is 0.744. The number of methoxy groups -OCH3 is 1. The molecule has 3 heterocycles. The van der Waals surface area contributed by atoms with Crippen molar-refractivity contribution in [1.82, 2.24) is 14.7 Å². The van der Waals surface area contributed by atoms with Crippen LogP contribution in [0.2, 0.25) is 0 Å². The lowest BCUT2D eigenvalue weighted by atomic mass is 9.77. The highest BCUT2D eigenvalue weighted by atomic mass is 16.6. The van der Waals surface area contributed by atoms with Crippen LogP contribution in [0.25, 0.3) is 0 Å². The fourth-order valence-electron chi connectivity index (χ4n) is 4.49. The minimum atomic E-state index is -0.505. The topological polar surface area (TPSA) is 82.9 Å². The molecule has 0 N–H and O–H groups in total. The Labute approximate surface area is 164 Å². The van der Waals surface area contributed by atoms with Crippen molar-refractivity contribution in [1.29, 1.82) is 0 Å². The van der Waals surface area contributed by atoms with Gasteiger partial charge in [-0.3, -0.25) is 9.59 Å². The highest BCUT2D eigenvalue weighted by Gasteiger charge is 2.46. The molecule has 8 nitrogen and oxygen atoms in total. The van der Waals surface area contributed by atoms with Gasteiger partial charge in [0.15, 0.2) is 0 Å². The second kappa shape index (κ2) is 7.93. The van der Waals surface area contributed by atoms with Crippen LogP contribution >= 0.6 is 0 Å². The van der Waals surface area contributed by atoms with Crippen LogP contribution in [0, 0.1) is 0 Å². The molecule has 1 aromatic heterocycles. The second-order valence-electron chi connectivity index (χ2n) is 8.29. The van der Waals surface area contributed by atoms with Crippen molar-refractivity contribution in [2.75, 3.05) is 33.4 Å². The molecule has 2 saturated heterocycles. The summed E-state index contributed by atoms with van der Waals surface area (Å²) in [5.41, 5.74) is -0.919. The number of carbonyl (C=O) groups excluding carboxylic acids is 1. The summed E-state index contributed by atoms with van der Waals surface area (Å²) in [5.74, 6) is 0.111. The molecule has 28 heavy (non-hydrogen) atoms. The van der Waals surface area contributed by atoms with Gasteiger partial charge in [-0.1, -0.05) is 0 Å². The van der Waals surface area contributed by atoms with Crippen LogP contribution in [-0.2, 0) is 25.5 Å². The Hall–Kier alpha value is -1.77. The van der Waals surface area contributed by atoms with E-state index in [1.54, 1.807) is 19.4 Å². The van der Waals surface area contributed by atoms with Crippen LogP contribution in [0.5, 0.6) is 0 Å². The minimum Gasteiger partial charge on any atom is -0.378 e. The van der Waals surface area contributed by atoms with E-state index in [4.69, 9.17) is 14.2 Å². The third-order valence-electron chi connectivity index (χ3n) is 6.37. The van der Waals surface area contributed by atoms with Crippen LogP contribution in [0.4, 0.5) is 0 Å². The van der Waals surface area contributed by atoms with Gasteiger partial charge in [0.1, 0.15) is 5.60 Å². The van der Waals surface area contributed by atoms with Crippen LogP contribution in [0.1, 0.15) is 38.5 Å². The Balaban J connectivity index is 1.40. The first-order chi connectivity index (χ1) is 13.5. The third kappa shape index (κ3) is 3.99. The third-order valence-corrected chi connectivity index (χ3v) is 6.37. The smallest absolute Gasteiger partial charge is 0.266 e. The standard InChI is InChI=1S/C20H29N3O5/c1-26-19(6-3-7-19)12-18(25)22-10-11-27-15-20(14-22)8-5-16(28-20)13-23-17(24)4-2-9-21-23/h2,4,9,16H,3,5-8,10-15H2,1H3/t16?,20-/m0/s1. The van der Waals surface area contributed by atoms with Gasteiger partial charge in [-0.05, 0) is 38.2 Å². The monoisotopic (exact) mass is 391 g/mol. The van der Waals surface area contributed by atoms with Crippen molar-refractivity contribution in [3.8, 4) is 0 Å². The number of rotatable bonds is 5. The maximum absolute atomic E-state index is 13.0. The van der Waals surface area contributed by atoms with E-state index in [1.165, 1.54) is 10.7 Å². The predicted molar refractivity (Wildman–Crippen MR) is 101 cm³/mol. The number of carbonyl (C=O) groups is 1. The largest absolute Gasteiger partial charge is 0.378 e. The van der Waals surface area contributed by atoms with Gasteiger partial charge in [0.25, 0.3) is 5.56 Å². The second-order valence-corrected chi connectivity index (χ2v) is 8.29. The Morgan fingerprint density at radius 2 is 2.25 bits per heavy atom. The summed E-state index contributed by atoms with van der Waals surface area (Å²) in [7, 11) is 1.70. The molecule has 8 heteroatoms. The number of hydrogen-bond acceptors (Lipinski definition) is 6. The molecule has 3 aliphatic rings. The Morgan fingerprint density at radius 1 is 1.39 bits per heavy atom. The van der Waals surface area contributed by atoms with E-state index in [-0.39, 0.29) is 23.2 Å². The molecular weight excluding hydrogens is 362 g/mol. The summed E-state index contributed by atoms with van der Waals surface area (Å²) in [6.07, 6.45) is 6.55. The van der Waals surface area contributed by atoms with Crippen LogP contribution in [-0.4, -0.2) is 71.3 Å². The van der Waals surface area contributed by atoms with Crippen LogP contribution < -0.4 is 5.56 Å². The van der Waals surface area contributed by atoms with E-state index in [0.717, 1.165) is 32.1 Å². The zero-order chi connectivity index (χ0) is 19.6. The Bertz CT molecular complexity index is 757. The normalized spacial score (nSPS) is 29.5.